The number of benzene rings is 3. The molecular weight excluding hydrogens is 454 g/mol. The number of sulfone groups is 1. The number of rotatable bonds is 10. The molecule has 8 heteroatoms. The number of ether oxygens (including phenoxy) is 1. The van der Waals surface area contributed by atoms with Crippen LogP contribution in [0, 0.1) is 6.92 Å². The number of aryl methyl sites for hydroxylation is 1. The van der Waals surface area contributed by atoms with Crippen molar-refractivity contribution in [2.24, 2.45) is 0 Å². The van der Waals surface area contributed by atoms with Gasteiger partial charge < -0.3 is 4.74 Å². The Morgan fingerprint density at radius 2 is 1.64 bits per heavy atom. The minimum absolute atomic E-state index is 0.226. The zero-order chi connectivity index (χ0) is 23.1. The van der Waals surface area contributed by atoms with Crippen molar-refractivity contribution in [3.05, 3.63) is 96.3 Å². The highest BCUT2D eigenvalue weighted by molar-refractivity contribution is 7.99. The summed E-state index contributed by atoms with van der Waals surface area (Å²) in [5.41, 5.74) is 2.00. The molecule has 0 atom stereocenters. The first-order chi connectivity index (χ1) is 16.0. The summed E-state index contributed by atoms with van der Waals surface area (Å²) in [4.78, 5) is 0.273. The number of hydrogen-bond donors (Lipinski definition) is 0. The van der Waals surface area contributed by atoms with Crippen molar-refractivity contribution < 1.29 is 13.2 Å². The molecule has 1 heterocycles. The number of hydrogen-bond acceptors (Lipinski definition) is 6. The lowest BCUT2D eigenvalue weighted by atomic mass is 10.2. The van der Waals surface area contributed by atoms with Gasteiger partial charge in [-0.25, -0.2) is 8.42 Å². The molecule has 0 saturated carbocycles. The summed E-state index contributed by atoms with van der Waals surface area (Å²) in [6, 6.07) is 26.0. The Morgan fingerprint density at radius 3 is 2.36 bits per heavy atom. The van der Waals surface area contributed by atoms with Crippen molar-refractivity contribution in [2.45, 2.75) is 29.1 Å². The smallest absolute Gasteiger partial charge is 0.195 e. The van der Waals surface area contributed by atoms with E-state index in [-0.39, 0.29) is 10.6 Å². The van der Waals surface area contributed by atoms with E-state index in [2.05, 4.69) is 10.2 Å². The molecule has 0 aliphatic heterocycles. The van der Waals surface area contributed by atoms with Gasteiger partial charge >= 0.3 is 0 Å². The number of aromatic nitrogens is 3. The van der Waals surface area contributed by atoms with Crippen LogP contribution in [0.15, 0.2) is 95.0 Å². The lowest BCUT2D eigenvalue weighted by Crippen LogP contribution is -2.11. The molecule has 0 bridgehead atoms. The van der Waals surface area contributed by atoms with Crippen LogP contribution in [-0.2, 0) is 15.6 Å². The fourth-order valence-electron chi connectivity index (χ4n) is 3.32. The number of nitrogens with zero attached hydrogens (tertiary/aromatic N) is 3. The first kappa shape index (κ1) is 23.1. The van der Waals surface area contributed by atoms with Gasteiger partial charge in [0.2, 0.25) is 0 Å². The highest BCUT2D eigenvalue weighted by Crippen LogP contribution is 2.25. The van der Waals surface area contributed by atoms with Crippen molar-refractivity contribution in [1.82, 2.24) is 14.8 Å². The van der Waals surface area contributed by atoms with Crippen LogP contribution >= 0.6 is 11.8 Å². The molecule has 33 heavy (non-hydrogen) atoms. The van der Waals surface area contributed by atoms with E-state index in [4.69, 9.17) is 4.74 Å². The maximum Gasteiger partial charge on any atom is 0.195 e. The van der Waals surface area contributed by atoms with Crippen LogP contribution in [0.5, 0.6) is 5.75 Å². The summed E-state index contributed by atoms with van der Waals surface area (Å²) in [5.74, 6) is 1.79. The molecule has 3 aromatic carbocycles. The molecule has 1 aromatic heterocycles. The van der Waals surface area contributed by atoms with Crippen molar-refractivity contribution in [3.63, 3.8) is 0 Å². The fourth-order valence-corrected chi connectivity index (χ4v) is 5.47. The van der Waals surface area contributed by atoms with Crippen molar-refractivity contribution in [3.8, 4) is 11.4 Å². The molecule has 0 radical (unpaired) electrons. The van der Waals surface area contributed by atoms with Gasteiger partial charge in [-0.05, 0) is 55.3 Å². The summed E-state index contributed by atoms with van der Waals surface area (Å²) >= 11 is 1.54. The van der Waals surface area contributed by atoms with Crippen molar-refractivity contribution in [2.75, 3.05) is 12.4 Å². The van der Waals surface area contributed by atoms with Gasteiger partial charge in [-0.3, -0.25) is 4.57 Å². The molecule has 0 N–H and O–H groups in total. The van der Waals surface area contributed by atoms with E-state index in [0.29, 0.717) is 17.6 Å². The topological polar surface area (TPSA) is 74.1 Å². The predicted molar refractivity (Wildman–Crippen MR) is 131 cm³/mol. The van der Waals surface area contributed by atoms with E-state index in [0.717, 1.165) is 29.2 Å². The summed E-state index contributed by atoms with van der Waals surface area (Å²) in [5, 5.41) is 9.21. The van der Waals surface area contributed by atoms with Gasteiger partial charge in [-0.1, -0.05) is 60.3 Å². The highest BCUT2D eigenvalue weighted by Gasteiger charge is 2.22. The molecule has 0 spiro atoms. The Hall–Kier alpha value is -3.10. The van der Waals surface area contributed by atoms with Crippen LogP contribution in [0.1, 0.15) is 17.8 Å². The molecule has 0 aliphatic carbocycles. The van der Waals surface area contributed by atoms with Gasteiger partial charge in [-0.2, -0.15) is 0 Å². The van der Waals surface area contributed by atoms with E-state index in [9.17, 15) is 8.42 Å². The van der Waals surface area contributed by atoms with E-state index < -0.39 is 9.84 Å². The Bertz CT molecular complexity index is 1290. The zero-order valence-electron chi connectivity index (χ0n) is 18.3. The summed E-state index contributed by atoms with van der Waals surface area (Å²) in [6.07, 6.45) is 0.817. The average Bonchev–Trinajstić information content (AvgIpc) is 3.21. The van der Waals surface area contributed by atoms with Gasteiger partial charge in [0, 0.05) is 11.4 Å². The number of thioether (sulfide) groups is 1. The van der Waals surface area contributed by atoms with Gasteiger partial charge in [0.15, 0.2) is 20.8 Å². The van der Waals surface area contributed by atoms with Gasteiger partial charge in [0.25, 0.3) is 0 Å². The largest absolute Gasteiger partial charge is 0.494 e. The summed E-state index contributed by atoms with van der Waals surface area (Å²) < 4.78 is 33.5. The van der Waals surface area contributed by atoms with Crippen LogP contribution in [0.25, 0.3) is 5.69 Å². The minimum Gasteiger partial charge on any atom is -0.494 e. The Morgan fingerprint density at radius 1 is 0.909 bits per heavy atom. The molecule has 6 nitrogen and oxygen atoms in total. The van der Waals surface area contributed by atoms with Crippen LogP contribution in [-0.4, -0.2) is 35.5 Å². The molecular formula is C25H25N3O3S2. The number of para-hydroxylation sites is 1. The summed E-state index contributed by atoms with van der Waals surface area (Å²) in [6.45, 7) is 2.62. The monoisotopic (exact) mass is 479 g/mol. The van der Waals surface area contributed by atoms with Crippen molar-refractivity contribution in [1.29, 1.82) is 0 Å². The summed E-state index contributed by atoms with van der Waals surface area (Å²) in [7, 11) is -3.55. The minimum atomic E-state index is -3.55. The van der Waals surface area contributed by atoms with Gasteiger partial charge in [0.1, 0.15) is 11.5 Å². The Balaban J connectivity index is 1.47. The molecule has 0 saturated heterocycles. The normalized spacial score (nSPS) is 11.4. The quantitative estimate of drug-likeness (QED) is 0.232. The standard InChI is InChI=1S/C25H25N3O3S2/c1-20-10-8-13-22(18-20)31-16-9-17-32-25-27-26-24(28(25)21-11-4-2-5-12-21)19-33(29,30)23-14-6-3-7-15-23/h2-8,10-15,18H,9,16-17,19H2,1H3. The average molecular weight is 480 g/mol. The molecule has 0 amide bonds. The van der Waals surface area contributed by atoms with Crippen molar-refractivity contribution >= 4 is 21.6 Å². The second kappa shape index (κ2) is 10.7. The third-order valence-electron chi connectivity index (χ3n) is 4.91. The molecule has 4 aromatic rings. The molecule has 0 fully saturated rings. The molecule has 4 rings (SSSR count). The Kier molecular flexibility index (Phi) is 7.47. The van der Waals surface area contributed by atoms with E-state index in [1.54, 1.807) is 30.3 Å². The first-order valence-electron chi connectivity index (χ1n) is 10.6. The molecule has 0 unspecified atom stereocenters. The van der Waals surface area contributed by atoms with Gasteiger partial charge in [0.05, 0.1) is 11.5 Å². The predicted octanol–water partition coefficient (Wildman–Crippen LogP) is 5.11. The van der Waals surface area contributed by atoms with Crippen LogP contribution in [0.2, 0.25) is 0 Å². The maximum absolute atomic E-state index is 12.9. The fraction of sp³-hybridized carbons (Fsp3) is 0.200. The van der Waals surface area contributed by atoms with Crippen LogP contribution in [0.4, 0.5) is 0 Å². The SMILES string of the molecule is Cc1cccc(OCCCSc2nnc(CS(=O)(=O)c3ccccc3)n2-c2ccccc2)c1. The molecule has 170 valence electrons. The molecule has 0 aliphatic rings. The van der Waals surface area contributed by atoms with Crippen LogP contribution in [0.3, 0.4) is 0 Å². The third-order valence-corrected chi connectivity index (χ3v) is 7.56. The lowest BCUT2D eigenvalue weighted by molar-refractivity contribution is 0.318. The highest BCUT2D eigenvalue weighted by atomic mass is 32.2. The van der Waals surface area contributed by atoms with Crippen LogP contribution < -0.4 is 4.74 Å². The second-order valence-corrected chi connectivity index (χ2v) is 10.6. The zero-order valence-corrected chi connectivity index (χ0v) is 19.9. The Labute approximate surface area is 198 Å². The first-order valence-corrected chi connectivity index (χ1v) is 13.3. The third kappa shape index (κ3) is 6.03. The van der Waals surface area contributed by atoms with E-state index in [1.807, 2.05) is 66.1 Å². The lowest BCUT2D eigenvalue weighted by Gasteiger charge is -2.11. The van der Waals surface area contributed by atoms with Gasteiger partial charge in [-0.15, -0.1) is 10.2 Å². The second-order valence-electron chi connectivity index (χ2n) is 7.51. The van der Waals surface area contributed by atoms with E-state index >= 15 is 0 Å². The van der Waals surface area contributed by atoms with E-state index in [1.165, 1.54) is 11.8 Å². The maximum atomic E-state index is 12.9.